The Morgan fingerprint density at radius 1 is 1.35 bits per heavy atom. The first-order valence-electron chi connectivity index (χ1n) is 5.45. The fraction of sp³-hybridized carbons (Fsp3) is 0.444. The minimum Gasteiger partial charge on any atom is -0.465 e. The summed E-state index contributed by atoms with van der Waals surface area (Å²) in [6.07, 6.45) is -0.718. The zero-order chi connectivity index (χ0) is 15.0. The van der Waals surface area contributed by atoms with Crippen molar-refractivity contribution < 1.29 is 19.1 Å². The Bertz CT molecular complexity index is 486. The number of hydrogen-bond donors (Lipinski definition) is 3. The Balaban J connectivity index is 2.61. The van der Waals surface area contributed by atoms with Crippen molar-refractivity contribution >= 4 is 35.7 Å². The van der Waals surface area contributed by atoms with Gasteiger partial charge in [-0.15, -0.1) is 0 Å². The van der Waals surface area contributed by atoms with E-state index in [0.29, 0.717) is 6.61 Å². The second kappa shape index (κ2) is 7.99. The summed E-state index contributed by atoms with van der Waals surface area (Å²) in [4.78, 5) is 33.6. The number of nitrogen functional groups attached to an aromatic ring is 1. The molecule has 10 nitrogen and oxygen atoms in total. The quantitative estimate of drug-likeness (QED) is 0.367. The number of carbonyl (C=O) groups excluding carboxylic acids is 2. The highest BCUT2D eigenvalue weighted by Crippen LogP contribution is 2.15. The molecule has 0 saturated carbocycles. The molecule has 0 spiro atoms. The number of amides is 1. The molecule has 0 atom stereocenters. The molecule has 0 aliphatic heterocycles. The Morgan fingerprint density at radius 2 is 2.10 bits per heavy atom. The van der Waals surface area contributed by atoms with Gasteiger partial charge in [0.05, 0.1) is 19.5 Å². The lowest BCUT2D eigenvalue weighted by atomic mass is 10.8. The van der Waals surface area contributed by atoms with Gasteiger partial charge < -0.3 is 15.2 Å². The molecule has 1 amide bonds. The van der Waals surface area contributed by atoms with Crippen LogP contribution in [0.25, 0.3) is 0 Å². The summed E-state index contributed by atoms with van der Waals surface area (Å²) in [6.45, 7) is 2.01. The summed E-state index contributed by atoms with van der Waals surface area (Å²) in [6, 6.07) is 0. The van der Waals surface area contributed by atoms with Gasteiger partial charge in [-0.3, -0.25) is 10.2 Å². The molecule has 0 saturated heterocycles. The number of nitrogens with zero attached hydrogens (tertiary/aromatic N) is 3. The van der Waals surface area contributed by atoms with Crippen LogP contribution in [0.15, 0.2) is 5.16 Å². The van der Waals surface area contributed by atoms with Crippen LogP contribution in [0, 0.1) is 0 Å². The normalized spacial score (nSPS) is 9.70. The van der Waals surface area contributed by atoms with Gasteiger partial charge in [-0.2, -0.15) is 15.0 Å². The van der Waals surface area contributed by atoms with Gasteiger partial charge in [0.15, 0.2) is 5.16 Å². The van der Waals surface area contributed by atoms with E-state index in [0.717, 1.165) is 11.8 Å². The summed E-state index contributed by atoms with van der Waals surface area (Å²) in [5.41, 5.74) is 10.0. The number of rotatable bonds is 6. The van der Waals surface area contributed by atoms with Gasteiger partial charge in [0, 0.05) is 0 Å². The number of esters is 1. The number of carbonyl (C=O) groups is 2. The number of ether oxygens (including phenoxy) is 2. The van der Waals surface area contributed by atoms with Crippen molar-refractivity contribution in [3.63, 3.8) is 0 Å². The third-order valence-electron chi connectivity index (χ3n) is 1.72. The van der Waals surface area contributed by atoms with E-state index in [9.17, 15) is 9.59 Å². The molecule has 1 aromatic rings. The zero-order valence-electron chi connectivity index (χ0n) is 10.9. The molecule has 0 fully saturated rings. The minimum absolute atomic E-state index is 0.0225. The lowest BCUT2D eigenvalue weighted by Gasteiger charge is -2.07. The topological polar surface area (TPSA) is 141 Å². The van der Waals surface area contributed by atoms with Crippen LogP contribution in [0.5, 0.6) is 0 Å². The van der Waals surface area contributed by atoms with Gasteiger partial charge in [-0.05, 0) is 6.92 Å². The Labute approximate surface area is 118 Å². The lowest BCUT2D eigenvalue weighted by molar-refractivity contribution is -0.139. The van der Waals surface area contributed by atoms with Gasteiger partial charge in [0.25, 0.3) is 0 Å². The molecule has 4 N–H and O–H groups in total. The van der Waals surface area contributed by atoms with Gasteiger partial charge >= 0.3 is 12.1 Å². The molecular formula is C9H14N6O4S. The van der Waals surface area contributed by atoms with Crippen LogP contribution in [0.2, 0.25) is 0 Å². The van der Waals surface area contributed by atoms with E-state index in [1.165, 1.54) is 7.11 Å². The van der Waals surface area contributed by atoms with Crippen LogP contribution < -0.4 is 16.6 Å². The first kappa shape index (κ1) is 15.8. The minimum atomic E-state index is -0.718. The van der Waals surface area contributed by atoms with Crippen molar-refractivity contribution in [2.45, 2.75) is 12.1 Å². The van der Waals surface area contributed by atoms with E-state index in [1.807, 2.05) is 0 Å². The number of hydrazine groups is 1. The highest BCUT2D eigenvalue weighted by molar-refractivity contribution is 7.99. The average molecular weight is 302 g/mol. The van der Waals surface area contributed by atoms with Crippen molar-refractivity contribution in [1.29, 1.82) is 0 Å². The number of nitrogens with two attached hydrogens (primary N) is 1. The molecule has 0 bridgehead atoms. The first-order chi connectivity index (χ1) is 9.55. The SMILES string of the molecule is CCOC(=O)CSc1nc(N)nc(NNC(=O)OC)n1. The van der Waals surface area contributed by atoms with E-state index in [4.69, 9.17) is 10.5 Å². The predicted molar refractivity (Wildman–Crippen MR) is 70.8 cm³/mol. The zero-order valence-corrected chi connectivity index (χ0v) is 11.7. The molecule has 1 rings (SSSR count). The molecule has 1 heterocycles. The maximum atomic E-state index is 11.2. The van der Waals surface area contributed by atoms with Crippen LogP contribution in [-0.4, -0.2) is 46.5 Å². The van der Waals surface area contributed by atoms with Crippen LogP contribution in [-0.2, 0) is 14.3 Å². The molecule has 20 heavy (non-hydrogen) atoms. The summed E-state index contributed by atoms with van der Waals surface area (Å²) >= 11 is 1.04. The molecule has 0 unspecified atom stereocenters. The van der Waals surface area contributed by atoms with Crippen LogP contribution >= 0.6 is 11.8 Å². The monoisotopic (exact) mass is 302 g/mol. The summed E-state index contributed by atoms with van der Waals surface area (Å²) < 4.78 is 9.12. The van der Waals surface area contributed by atoms with Crippen LogP contribution in [0.4, 0.5) is 16.7 Å². The predicted octanol–water partition coefficient (Wildman–Crippen LogP) is -0.208. The van der Waals surface area contributed by atoms with Gasteiger partial charge in [-0.25, -0.2) is 10.2 Å². The standard InChI is InChI=1S/C9H14N6O4S/c1-3-19-5(16)4-20-8-12-6(10)11-7(13-8)14-15-9(17)18-2/h3-4H2,1-2H3,(H,15,17)(H3,10,11,12,13,14). The van der Waals surface area contributed by atoms with Crippen molar-refractivity contribution in [2.75, 3.05) is 30.6 Å². The van der Waals surface area contributed by atoms with E-state index in [-0.39, 0.29) is 22.8 Å². The third-order valence-corrected chi connectivity index (χ3v) is 2.54. The fourth-order valence-electron chi connectivity index (χ4n) is 0.977. The van der Waals surface area contributed by atoms with Crippen LogP contribution in [0.3, 0.4) is 0 Å². The Hall–Kier alpha value is -2.30. The van der Waals surface area contributed by atoms with Crippen LogP contribution in [0.1, 0.15) is 6.92 Å². The van der Waals surface area contributed by atoms with Gasteiger partial charge in [-0.1, -0.05) is 11.8 Å². The number of methoxy groups -OCH3 is 1. The second-order valence-electron chi connectivity index (χ2n) is 3.14. The maximum absolute atomic E-state index is 11.2. The second-order valence-corrected chi connectivity index (χ2v) is 4.08. The van der Waals surface area contributed by atoms with Crippen molar-refractivity contribution in [1.82, 2.24) is 20.4 Å². The largest absolute Gasteiger partial charge is 0.465 e. The molecule has 11 heteroatoms. The number of aromatic nitrogens is 3. The average Bonchev–Trinajstić information content (AvgIpc) is 2.42. The molecule has 0 aliphatic rings. The lowest BCUT2D eigenvalue weighted by Crippen LogP contribution is -2.30. The van der Waals surface area contributed by atoms with E-state index >= 15 is 0 Å². The first-order valence-corrected chi connectivity index (χ1v) is 6.43. The maximum Gasteiger partial charge on any atom is 0.425 e. The molecule has 0 radical (unpaired) electrons. The molecule has 0 aliphatic carbocycles. The highest BCUT2D eigenvalue weighted by atomic mass is 32.2. The Morgan fingerprint density at radius 3 is 2.75 bits per heavy atom. The smallest absolute Gasteiger partial charge is 0.425 e. The fourth-order valence-corrected chi connectivity index (χ4v) is 1.62. The van der Waals surface area contributed by atoms with Crippen molar-refractivity contribution in [3.8, 4) is 0 Å². The molecule has 1 aromatic heterocycles. The number of anilines is 2. The summed E-state index contributed by atoms with van der Waals surface area (Å²) in [5.74, 6) is -0.380. The third kappa shape index (κ3) is 5.56. The summed E-state index contributed by atoms with van der Waals surface area (Å²) in [5, 5.41) is 0.222. The van der Waals surface area contributed by atoms with Crippen molar-refractivity contribution in [3.05, 3.63) is 0 Å². The van der Waals surface area contributed by atoms with Gasteiger partial charge in [0.1, 0.15) is 0 Å². The Kier molecular flexibility index (Phi) is 6.29. The molecular weight excluding hydrogens is 288 g/mol. The number of thioether (sulfide) groups is 1. The van der Waals surface area contributed by atoms with Crippen molar-refractivity contribution in [2.24, 2.45) is 0 Å². The highest BCUT2D eigenvalue weighted by Gasteiger charge is 2.09. The van der Waals surface area contributed by atoms with E-state index < -0.39 is 12.1 Å². The number of nitrogens with one attached hydrogen (secondary N) is 2. The van der Waals surface area contributed by atoms with E-state index in [2.05, 4.69) is 30.5 Å². The summed E-state index contributed by atoms with van der Waals surface area (Å²) in [7, 11) is 1.21. The molecule has 110 valence electrons. The van der Waals surface area contributed by atoms with Gasteiger partial charge in [0.2, 0.25) is 11.9 Å². The molecule has 0 aromatic carbocycles. The van der Waals surface area contributed by atoms with E-state index in [1.54, 1.807) is 6.92 Å². The number of hydrogen-bond acceptors (Lipinski definition) is 10.